The van der Waals surface area contributed by atoms with Gasteiger partial charge in [0.05, 0.1) is 17.8 Å². The normalized spacial score (nSPS) is 17.7. The number of hydrogen-bond acceptors (Lipinski definition) is 6. The van der Waals surface area contributed by atoms with Crippen LogP contribution in [0.2, 0.25) is 0 Å². The molecular weight excluding hydrogens is 443 g/mol. The molecule has 1 aliphatic heterocycles. The number of ether oxygens (including phenoxy) is 1. The van der Waals surface area contributed by atoms with Crippen LogP contribution in [0.5, 0.6) is 11.6 Å². The van der Waals surface area contributed by atoms with Crippen LogP contribution < -0.4 is 15.4 Å². The fourth-order valence-electron chi connectivity index (χ4n) is 4.20. The van der Waals surface area contributed by atoms with Gasteiger partial charge in [-0.2, -0.15) is 0 Å². The van der Waals surface area contributed by atoms with Crippen molar-refractivity contribution in [3.8, 4) is 11.6 Å². The highest BCUT2D eigenvalue weighted by Crippen LogP contribution is 2.35. The van der Waals surface area contributed by atoms with Gasteiger partial charge in [-0.15, -0.1) is 0 Å². The molecule has 34 heavy (non-hydrogen) atoms. The summed E-state index contributed by atoms with van der Waals surface area (Å²) < 4.78 is 26.0. The molecule has 0 radical (unpaired) electrons. The number of hydrogen-bond donors (Lipinski definition) is 3. The van der Waals surface area contributed by atoms with Crippen molar-refractivity contribution in [2.75, 3.05) is 0 Å². The number of aromatic nitrogens is 2. The van der Waals surface area contributed by atoms with E-state index in [1.54, 1.807) is 24.4 Å². The lowest BCUT2D eigenvalue weighted by Gasteiger charge is -2.27. The quantitative estimate of drug-likeness (QED) is 0.377. The SMILES string of the molecule is Cc1noc(C)c1COc1ccc2c(O)n(CC3(c4ccc(F)cc4)NC(=O)NC3=O)cc2c1. The lowest BCUT2D eigenvalue weighted by molar-refractivity contribution is -0.124. The van der Waals surface area contributed by atoms with Gasteiger partial charge in [-0.25, -0.2) is 9.18 Å². The molecule has 0 spiro atoms. The average molecular weight is 464 g/mol. The Morgan fingerprint density at radius 1 is 1.18 bits per heavy atom. The summed E-state index contributed by atoms with van der Waals surface area (Å²) in [5.74, 6) is 0.116. The van der Waals surface area contributed by atoms with Crippen molar-refractivity contribution in [1.29, 1.82) is 0 Å². The average Bonchev–Trinajstić information content (AvgIpc) is 3.40. The second-order valence-corrected chi connectivity index (χ2v) is 8.24. The monoisotopic (exact) mass is 464 g/mol. The Morgan fingerprint density at radius 2 is 1.94 bits per heavy atom. The van der Waals surface area contributed by atoms with Gasteiger partial charge in [0.2, 0.25) is 0 Å². The third-order valence-electron chi connectivity index (χ3n) is 6.08. The minimum absolute atomic E-state index is 0.0808. The van der Waals surface area contributed by atoms with E-state index in [-0.39, 0.29) is 19.0 Å². The lowest BCUT2D eigenvalue weighted by Crippen LogP contribution is -2.47. The number of carbonyl (C=O) groups is 2. The molecule has 2 aromatic carbocycles. The van der Waals surface area contributed by atoms with Gasteiger partial charge >= 0.3 is 6.03 Å². The number of carbonyl (C=O) groups excluding carboxylic acids is 2. The molecule has 0 saturated carbocycles. The molecule has 10 heteroatoms. The molecule has 1 unspecified atom stereocenters. The van der Waals surface area contributed by atoms with Crippen molar-refractivity contribution in [3.05, 3.63) is 77.1 Å². The Kier molecular flexibility index (Phi) is 5.00. The van der Waals surface area contributed by atoms with Gasteiger partial charge < -0.3 is 24.3 Å². The first-order valence-electron chi connectivity index (χ1n) is 10.5. The summed E-state index contributed by atoms with van der Waals surface area (Å²) in [6.45, 7) is 3.83. The Morgan fingerprint density at radius 3 is 2.59 bits per heavy atom. The Balaban J connectivity index is 1.47. The van der Waals surface area contributed by atoms with Crippen LogP contribution in [0.1, 0.15) is 22.6 Å². The maximum Gasteiger partial charge on any atom is 0.322 e. The maximum absolute atomic E-state index is 13.5. The standard InChI is InChI=1S/C24H21FN4O5/c1-13-20(14(2)34-28-13)11-33-18-7-8-19-15(9-18)10-29(21(19)30)12-24(22(31)26-23(32)27-24)16-3-5-17(25)6-4-16/h3-10,30H,11-12H2,1-2H3,(H2,26,27,31,32). The number of nitrogens with one attached hydrogen (secondary N) is 2. The number of rotatable bonds is 6. The van der Waals surface area contributed by atoms with E-state index in [9.17, 15) is 19.1 Å². The number of imide groups is 1. The van der Waals surface area contributed by atoms with E-state index < -0.39 is 23.3 Å². The zero-order valence-electron chi connectivity index (χ0n) is 18.4. The summed E-state index contributed by atoms with van der Waals surface area (Å²) in [5, 5.41) is 20.9. The van der Waals surface area contributed by atoms with Gasteiger partial charge in [-0.05, 0) is 49.7 Å². The first-order valence-corrected chi connectivity index (χ1v) is 10.5. The maximum atomic E-state index is 13.5. The number of nitrogens with zero attached hydrogens (tertiary/aromatic N) is 2. The molecule has 1 fully saturated rings. The largest absolute Gasteiger partial charge is 0.494 e. The van der Waals surface area contributed by atoms with E-state index in [0.717, 1.165) is 11.3 Å². The fraction of sp³-hybridized carbons (Fsp3) is 0.208. The molecule has 4 aromatic rings. The summed E-state index contributed by atoms with van der Waals surface area (Å²) in [4.78, 5) is 24.8. The van der Waals surface area contributed by atoms with Crippen molar-refractivity contribution in [2.24, 2.45) is 0 Å². The van der Waals surface area contributed by atoms with Gasteiger partial charge in [-0.3, -0.25) is 10.1 Å². The number of urea groups is 1. The summed E-state index contributed by atoms with van der Waals surface area (Å²) in [6.07, 6.45) is 1.66. The van der Waals surface area contributed by atoms with Crippen molar-refractivity contribution >= 4 is 22.7 Å². The van der Waals surface area contributed by atoms with E-state index in [1.807, 2.05) is 13.8 Å². The van der Waals surface area contributed by atoms with Crippen LogP contribution in [0.15, 0.2) is 53.2 Å². The molecule has 0 bridgehead atoms. The Bertz CT molecular complexity index is 1410. The first-order chi connectivity index (χ1) is 16.3. The van der Waals surface area contributed by atoms with Crippen molar-refractivity contribution in [2.45, 2.75) is 32.5 Å². The highest BCUT2D eigenvalue weighted by molar-refractivity contribution is 6.07. The topological polar surface area (TPSA) is 119 Å². The number of benzene rings is 2. The number of aryl methyl sites for hydroxylation is 2. The highest BCUT2D eigenvalue weighted by atomic mass is 19.1. The molecule has 3 amide bonds. The van der Waals surface area contributed by atoms with E-state index in [4.69, 9.17) is 9.26 Å². The summed E-state index contributed by atoms with van der Waals surface area (Å²) in [6, 6.07) is 9.82. The van der Waals surface area contributed by atoms with Crippen LogP contribution in [0.4, 0.5) is 9.18 Å². The second kappa shape index (κ2) is 7.91. The van der Waals surface area contributed by atoms with Gasteiger partial charge in [0.25, 0.3) is 5.91 Å². The number of fused-ring (bicyclic) bond motifs is 1. The molecule has 2 aromatic heterocycles. The Labute approximate surface area is 193 Å². The smallest absolute Gasteiger partial charge is 0.322 e. The Hall–Kier alpha value is -4.34. The highest BCUT2D eigenvalue weighted by Gasteiger charge is 2.48. The van der Waals surface area contributed by atoms with E-state index >= 15 is 0 Å². The number of halogens is 1. The molecule has 3 N–H and O–H groups in total. The van der Waals surface area contributed by atoms with Crippen LogP contribution in [0, 0.1) is 19.7 Å². The zero-order valence-corrected chi connectivity index (χ0v) is 18.4. The lowest BCUT2D eigenvalue weighted by atomic mass is 9.89. The number of aromatic hydroxyl groups is 1. The minimum Gasteiger partial charge on any atom is -0.494 e. The first kappa shape index (κ1) is 21.5. The minimum atomic E-state index is -1.51. The van der Waals surface area contributed by atoms with E-state index in [2.05, 4.69) is 15.8 Å². The third-order valence-corrected chi connectivity index (χ3v) is 6.08. The third kappa shape index (κ3) is 3.53. The van der Waals surface area contributed by atoms with Crippen LogP contribution in [0.3, 0.4) is 0 Å². The van der Waals surface area contributed by atoms with Crippen molar-refractivity contribution in [1.82, 2.24) is 20.4 Å². The van der Waals surface area contributed by atoms with Crippen LogP contribution in [-0.4, -0.2) is 26.8 Å². The van der Waals surface area contributed by atoms with E-state index in [1.165, 1.54) is 28.8 Å². The van der Waals surface area contributed by atoms with Crippen molar-refractivity contribution in [3.63, 3.8) is 0 Å². The predicted octanol–water partition coefficient (Wildman–Crippen LogP) is 3.40. The molecule has 5 rings (SSSR count). The summed E-state index contributed by atoms with van der Waals surface area (Å²) in [7, 11) is 0. The summed E-state index contributed by atoms with van der Waals surface area (Å²) in [5.41, 5.74) is 0.493. The molecule has 174 valence electrons. The van der Waals surface area contributed by atoms with Gasteiger partial charge in [0.1, 0.15) is 23.9 Å². The molecule has 9 nitrogen and oxygen atoms in total. The predicted molar refractivity (Wildman–Crippen MR) is 119 cm³/mol. The molecular formula is C24H21FN4O5. The van der Waals surface area contributed by atoms with Crippen LogP contribution >= 0.6 is 0 Å². The van der Waals surface area contributed by atoms with E-state index in [0.29, 0.717) is 27.8 Å². The van der Waals surface area contributed by atoms with Gasteiger partial charge in [-0.1, -0.05) is 17.3 Å². The van der Waals surface area contributed by atoms with Crippen LogP contribution in [0.25, 0.3) is 10.8 Å². The molecule has 0 aliphatic carbocycles. The van der Waals surface area contributed by atoms with Gasteiger partial charge in [0, 0.05) is 17.0 Å². The summed E-state index contributed by atoms with van der Waals surface area (Å²) >= 11 is 0. The van der Waals surface area contributed by atoms with Crippen LogP contribution in [-0.2, 0) is 23.5 Å². The molecule has 3 heterocycles. The van der Waals surface area contributed by atoms with Gasteiger partial charge in [0.15, 0.2) is 11.4 Å². The molecule has 1 aliphatic rings. The van der Waals surface area contributed by atoms with Crippen molar-refractivity contribution < 1.29 is 28.3 Å². The fourth-order valence-corrected chi connectivity index (χ4v) is 4.20. The molecule has 1 atom stereocenters. The zero-order chi connectivity index (χ0) is 24.0. The number of amides is 3. The molecule has 1 saturated heterocycles. The second-order valence-electron chi connectivity index (χ2n) is 8.24.